The van der Waals surface area contributed by atoms with Gasteiger partial charge in [-0.25, -0.2) is 0 Å². The zero-order valence-electron chi connectivity index (χ0n) is 8.81. The van der Waals surface area contributed by atoms with Gasteiger partial charge in [0.1, 0.15) is 5.75 Å². The maximum absolute atomic E-state index is 8.74. The van der Waals surface area contributed by atoms with Gasteiger partial charge in [-0.2, -0.15) is 8.42 Å². The molecule has 0 saturated carbocycles. The lowest BCUT2D eigenvalue weighted by molar-refractivity contribution is 0.318. The first-order valence-corrected chi connectivity index (χ1v) is 5.25. The van der Waals surface area contributed by atoms with Gasteiger partial charge in [-0.3, -0.25) is 9.11 Å². The number of hydrogen-bond donors (Lipinski definition) is 5. The summed E-state index contributed by atoms with van der Waals surface area (Å²) in [5.41, 5.74) is 0. The molecule has 0 fully saturated rings. The minimum Gasteiger partial charge on any atom is -0.508 e. The topological polar surface area (TPSA) is 150 Å². The summed E-state index contributed by atoms with van der Waals surface area (Å²) in [5.74, 6) is 0.322. The van der Waals surface area contributed by atoms with E-state index in [0.717, 1.165) is 0 Å². The number of rotatable bonds is 0. The van der Waals surface area contributed by atoms with Crippen molar-refractivity contribution in [2.24, 2.45) is 0 Å². The van der Waals surface area contributed by atoms with Crippen LogP contribution in [0.2, 0.25) is 0 Å². The molecule has 0 amide bonds. The summed E-state index contributed by atoms with van der Waals surface area (Å²) in [4.78, 5) is 0. The van der Waals surface area contributed by atoms with Gasteiger partial charge in [0.25, 0.3) is 0 Å². The van der Waals surface area contributed by atoms with Gasteiger partial charge in [-0.05, 0) is 19.1 Å². The Hall–Kier alpha value is -1.19. The Labute approximate surface area is 94.5 Å². The van der Waals surface area contributed by atoms with Gasteiger partial charge in [0.05, 0.1) is 0 Å². The van der Waals surface area contributed by atoms with Crippen LogP contribution < -0.4 is 6.15 Å². The van der Waals surface area contributed by atoms with Crippen molar-refractivity contribution < 1.29 is 27.7 Å². The van der Waals surface area contributed by atoms with Crippen LogP contribution in [0.15, 0.2) is 30.3 Å². The maximum Gasteiger partial charge on any atom is 0.394 e. The van der Waals surface area contributed by atoms with Crippen molar-refractivity contribution in [2.45, 2.75) is 6.92 Å². The number of hydrogen-bond acceptors (Lipinski definition) is 5. The lowest BCUT2D eigenvalue weighted by atomic mass is 10.3. The number of para-hydroxylation sites is 1. The third-order valence-corrected chi connectivity index (χ3v) is 0.756. The monoisotopic (exact) mass is 255 g/mol. The summed E-state index contributed by atoms with van der Waals surface area (Å²) in [7, 11) is -4.67. The highest BCUT2D eigenvalue weighted by Crippen LogP contribution is 2.02. The Kier molecular flexibility index (Phi) is 15.0. The van der Waals surface area contributed by atoms with E-state index in [-0.39, 0.29) is 12.8 Å². The fourth-order valence-corrected chi connectivity index (χ4v) is 0.428. The fraction of sp³-hybridized carbons (Fsp3) is 0.250. The lowest BCUT2D eigenvalue weighted by Crippen LogP contribution is -1.89. The van der Waals surface area contributed by atoms with Gasteiger partial charge in [-0.1, -0.05) is 18.2 Å². The lowest BCUT2D eigenvalue weighted by Gasteiger charge is -1.82. The highest BCUT2D eigenvalue weighted by Gasteiger charge is 1.84. The van der Waals surface area contributed by atoms with Crippen LogP contribution in [-0.4, -0.2) is 34.3 Å². The smallest absolute Gasteiger partial charge is 0.394 e. The Morgan fingerprint density at radius 2 is 1.38 bits per heavy atom. The number of benzene rings is 1. The molecule has 0 unspecified atom stereocenters. The van der Waals surface area contributed by atoms with E-state index in [1.54, 1.807) is 31.2 Å². The molecule has 1 rings (SSSR count). The zero-order valence-corrected chi connectivity index (χ0v) is 9.63. The van der Waals surface area contributed by atoms with Gasteiger partial charge in [-0.15, -0.1) is 0 Å². The van der Waals surface area contributed by atoms with Crippen LogP contribution in [0.1, 0.15) is 6.92 Å². The number of aromatic hydroxyl groups is 1. The Morgan fingerprint density at radius 3 is 1.50 bits per heavy atom. The SMILES string of the molecule is CCO.N.O=S(=O)(O)O.Oc1ccccc1. The molecule has 0 aliphatic carbocycles. The van der Waals surface area contributed by atoms with Crippen molar-refractivity contribution >= 4 is 10.4 Å². The average molecular weight is 255 g/mol. The summed E-state index contributed by atoms with van der Waals surface area (Å²) in [6.07, 6.45) is 0. The van der Waals surface area contributed by atoms with Gasteiger partial charge in [0, 0.05) is 6.61 Å². The molecule has 0 spiro atoms. The quantitative estimate of drug-likeness (QED) is 0.432. The number of phenolic OH excluding ortho intramolecular Hbond substituents is 1. The highest BCUT2D eigenvalue weighted by molar-refractivity contribution is 7.79. The highest BCUT2D eigenvalue weighted by atomic mass is 32.3. The summed E-state index contributed by atoms with van der Waals surface area (Å²) in [6, 6.07) is 8.71. The van der Waals surface area contributed by atoms with Crippen LogP contribution in [-0.2, 0) is 10.4 Å². The van der Waals surface area contributed by atoms with E-state index >= 15 is 0 Å². The van der Waals surface area contributed by atoms with E-state index in [1.807, 2.05) is 6.07 Å². The first-order valence-electron chi connectivity index (χ1n) is 3.86. The molecule has 8 heteroatoms. The van der Waals surface area contributed by atoms with Crippen molar-refractivity contribution in [2.75, 3.05) is 6.61 Å². The molecule has 0 aliphatic heterocycles. The molecule has 7 nitrogen and oxygen atoms in total. The van der Waals surface area contributed by atoms with Crippen molar-refractivity contribution in [3.8, 4) is 5.75 Å². The van der Waals surface area contributed by atoms with Crippen molar-refractivity contribution in [3.05, 3.63) is 30.3 Å². The molecule has 7 N–H and O–H groups in total. The maximum atomic E-state index is 8.74. The second-order valence-electron chi connectivity index (χ2n) is 2.10. The number of phenols is 1. The Balaban J connectivity index is -0.000000168. The van der Waals surface area contributed by atoms with Gasteiger partial charge >= 0.3 is 10.4 Å². The Bertz CT molecular complexity index is 318. The molecule has 0 bridgehead atoms. The normalized spacial score (nSPS) is 8.50. The molecule has 0 aliphatic rings. The van der Waals surface area contributed by atoms with Gasteiger partial charge in [0.15, 0.2) is 0 Å². The molecule has 1 aromatic rings. The standard InChI is InChI=1S/C6H6O.C2H6O.H3N.H2O4S/c7-6-4-2-1-3-5-6;1-2-3;;1-5(2,3)4/h1-5,7H;3H,2H2,1H3;1H3;(H2,1,2,3,4). The molecule has 96 valence electrons. The first-order chi connectivity index (χ1) is 6.81. The molecular weight excluding hydrogens is 238 g/mol. The zero-order chi connectivity index (χ0) is 12.3. The van der Waals surface area contributed by atoms with Crippen molar-refractivity contribution in [1.29, 1.82) is 0 Å². The molecule has 0 aromatic heterocycles. The fourth-order valence-electron chi connectivity index (χ4n) is 0.428. The molecule has 0 heterocycles. The van der Waals surface area contributed by atoms with Crippen molar-refractivity contribution in [1.82, 2.24) is 6.15 Å². The van der Waals surface area contributed by atoms with Crippen LogP contribution in [0.3, 0.4) is 0 Å². The average Bonchev–Trinajstić information content (AvgIpc) is 2.03. The summed E-state index contributed by atoms with van der Waals surface area (Å²) in [5, 5.41) is 16.2. The van der Waals surface area contributed by atoms with E-state index in [2.05, 4.69) is 0 Å². The van der Waals surface area contributed by atoms with Crippen LogP contribution >= 0.6 is 0 Å². The molecule has 0 radical (unpaired) electrons. The third-order valence-electron chi connectivity index (χ3n) is 0.756. The molecule has 1 aromatic carbocycles. The van der Waals surface area contributed by atoms with E-state index < -0.39 is 10.4 Å². The summed E-state index contributed by atoms with van der Waals surface area (Å²) < 4.78 is 31.6. The third kappa shape index (κ3) is 38.5. The molecular formula is C8H17NO6S. The van der Waals surface area contributed by atoms with E-state index in [4.69, 9.17) is 27.7 Å². The molecule has 16 heavy (non-hydrogen) atoms. The number of aliphatic hydroxyl groups excluding tert-OH is 1. The number of aliphatic hydroxyl groups is 1. The molecule has 0 atom stereocenters. The summed E-state index contributed by atoms with van der Waals surface area (Å²) >= 11 is 0. The van der Waals surface area contributed by atoms with Crippen LogP contribution in [0, 0.1) is 0 Å². The second-order valence-corrected chi connectivity index (χ2v) is 3.00. The van der Waals surface area contributed by atoms with Crippen LogP contribution in [0.5, 0.6) is 5.75 Å². The van der Waals surface area contributed by atoms with E-state index in [0.29, 0.717) is 5.75 Å². The van der Waals surface area contributed by atoms with E-state index in [9.17, 15) is 0 Å². The van der Waals surface area contributed by atoms with Gasteiger partial charge in [0.2, 0.25) is 0 Å². The van der Waals surface area contributed by atoms with Crippen LogP contribution in [0.4, 0.5) is 0 Å². The largest absolute Gasteiger partial charge is 0.508 e. The predicted octanol–water partition coefficient (Wildman–Crippen LogP) is 0.900. The minimum absolute atomic E-state index is 0. The summed E-state index contributed by atoms with van der Waals surface area (Å²) in [6.45, 7) is 1.93. The van der Waals surface area contributed by atoms with Gasteiger partial charge < -0.3 is 16.4 Å². The predicted molar refractivity (Wildman–Crippen MR) is 60.1 cm³/mol. The first kappa shape index (κ1) is 20.3. The minimum atomic E-state index is -4.67. The van der Waals surface area contributed by atoms with E-state index in [1.165, 1.54) is 0 Å². The molecule has 0 saturated heterocycles. The Morgan fingerprint density at radius 1 is 1.12 bits per heavy atom. The van der Waals surface area contributed by atoms with Crippen LogP contribution in [0.25, 0.3) is 0 Å². The second kappa shape index (κ2) is 11.9. The van der Waals surface area contributed by atoms with Crippen molar-refractivity contribution in [3.63, 3.8) is 0 Å².